The van der Waals surface area contributed by atoms with Gasteiger partial charge in [-0.3, -0.25) is 0 Å². The molecule has 0 aromatic carbocycles. The average molecular weight is 225 g/mol. The van der Waals surface area contributed by atoms with Gasteiger partial charge in [-0.2, -0.15) is 0 Å². The second-order valence-electron chi connectivity index (χ2n) is 5.98. The van der Waals surface area contributed by atoms with Crippen LogP contribution in [0.4, 0.5) is 0 Å². The van der Waals surface area contributed by atoms with Gasteiger partial charge in [-0.15, -0.1) is 0 Å². The van der Waals surface area contributed by atoms with E-state index in [-0.39, 0.29) is 0 Å². The van der Waals surface area contributed by atoms with Gasteiger partial charge < -0.3 is 10.1 Å². The summed E-state index contributed by atoms with van der Waals surface area (Å²) in [4.78, 5) is 0. The standard InChI is InChI=1S/C14H27NO/c1-10-5-4-6-11(2)14(10)15-13(9-16-3)12-7-8-12/h10-15H,4-9H2,1-3H3. The van der Waals surface area contributed by atoms with Gasteiger partial charge in [0.15, 0.2) is 0 Å². The zero-order chi connectivity index (χ0) is 11.5. The molecule has 2 rings (SSSR count). The van der Waals surface area contributed by atoms with Crippen LogP contribution < -0.4 is 5.32 Å². The summed E-state index contributed by atoms with van der Waals surface area (Å²) in [5.74, 6) is 2.56. The first kappa shape index (κ1) is 12.4. The third-order valence-electron chi connectivity index (χ3n) is 4.49. The van der Waals surface area contributed by atoms with Gasteiger partial charge in [-0.05, 0) is 43.4 Å². The Bertz CT molecular complexity index is 205. The van der Waals surface area contributed by atoms with Crippen LogP contribution in [-0.2, 0) is 4.74 Å². The molecule has 16 heavy (non-hydrogen) atoms. The Morgan fingerprint density at radius 2 is 1.75 bits per heavy atom. The molecule has 0 aromatic heterocycles. The van der Waals surface area contributed by atoms with E-state index in [2.05, 4.69) is 19.2 Å². The maximum Gasteiger partial charge on any atom is 0.0618 e. The van der Waals surface area contributed by atoms with E-state index in [9.17, 15) is 0 Å². The van der Waals surface area contributed by atoms with E-state index in [1.807, 2.05) is 7.11 Å². The number of rotatable bonds is 5. The van der Waals surface area contributed by atoms with E-state index in [0.29, 0.717) is 6.04 Å². The predicted octanol–water partition coefficient (Wildman–Crippen LogP) is 2.83. The van der Waals surface area contributed by atoms with E-state index in [1.54, 1.807) is 0 Å². The highest BCUT2D eigenvalue weighted by Gasteiger charge is 2.35. The van der Waals surface area contributed by atoms with Crippen molar-refractivity contribution in [1.82, 2.24) is 5.32 Å². The topological polar surface area (TPSA) is 21.3 Å². The third kappa shape index (κ3) is 2.98. The molecule has 94 valence electrons. The Balaban J connectivity index is 1.88. The maximum atomic E-state index is 5.35. The molecule has 0 heterocycles. The average Bonchev–Trinajstić information content (AvgIpc) is 3.06. The quantitative estimate of drug-likeness (QED) is 0.777. The smallest absolute Gasteiger partial charge is 0.0618 e. The van der Waals surface area contributed by atoms with Crippen molar-refractivity contribution in [2.75, 3.05) is 13.7 Å². The summed E-state index contributed by atoms with van der Waals surface area (Å²) in [6.07, 6.45) is 7.00. The van der Waals surface area contributed by atoms with Crippen LogP contribution in [-0.4, -0.2) is 25.8 Å². The number of ether oxygens (including phenoxy) is 1. The van der Waals surface area contributed by atoms with Crippen LogP contribution in [0, 0.1) is 17.8 Å². The summed E-state index contributed by atoms with van der Waals surface area (Å²) in [7, 11) is 1.82. The minimum atomic E-state index is 0.609. The van der Waals surface area contributed by atoms with Gasteiger partial charge in [0.05, 0.1) is 6.61 Å². The van der Waals surface area contributed by atoms with Crippen LogP contribution >= 0.6 is 0 Å². The van der Waals surface area contributed by atoms with Crippen molar-refractivity contribution < 1.29 is 4.74 Å². The number of methoxy groups -OCH3 is 1. The molecule has 3 unspecified atom stereocenters. The van der Waals surface area contributed by atoms with E-state index in [1.165, 1.54) is 32.1 Å². The lowest BCUT2D eigenvalue weighted by atomic mass is 9.78. The van der Waals surface area contributed by atoms with Crippen molar-refractivity contribution >= 4 is 0 Å². The molecule has 0 aliphatic heterocycles. The fraction of sp³-hybridized carbons (Fsp3) is 1.00. The van der Waals surface area contributed by atoms with Crippen molar-refractivity contribution in [2.24, 2.45) is 17.8 Å². The van der Waals surface area contributed by atoms with Gasteiger partial charge in [0.1, 0.15) is 0 Å². The van der Waals surface area contributed by atoms with Gasteiger partial charge in [0.25, 0.3) is 0 Å². The Hall–Kier alpha value is -0.0800. The van der Waals surface area contributed by atoms with Crippen LogP contribution in [0.1, 0.15) is 46.0 Å². The molecule has 0 amide bonds. The maximum absolute atomic E-state index is 5.35. The molecule has 2 aliphatic rings. The van der Waals surface area contributed by atoms with Crippen molar-refractivity contribution in [3.05, 3.63) is 0 Å². The van der Waals surface area contributed by atoms with Gasteiger partial charge >= 0.3 is 0 Å². The minimum absolute atomic E-state index is 0.609. The first-order valence-electron chi connectivity index (χ1n) is 6.97. The molecule has 2 nitrogen and oxygen atoms in total. The SMILES string of the molecule is COCC(NC1C(C)CCCC1C)C1CC1. The molecule has 2 aliphatic carbocycles. The second-order valence-corrected chi connectivity index (χ2v) is 5.98. The highest BCUT2D eigenvalue weighted by Crippen LogP contribution is 2.35. The number of hydrogen-bond acceptors (Lipinski definition) is 2. The molecular weight excluding hydrogens is 198 g/mol. The van der Waals surface area contributed by atoms with Gasteiger partial charge in [-0.1, -0.05) is 20.3 Å². The van der Waals surface area contributed by atoms with Crippen LogP contribution in [0.15, 0.2) is 0 Å². The zero-order valence-corrected chi connectivity index (χ0v) is 11.0. The van der Waals surface area contributed by atoms with Crippen molar-refractivity contribution in [3.63, 3.8) is 0 Å². The Morgan fingerprint density at radius 1 is 1.12 bits per heavy atom. The lowest BCUT2D eigenvalue weighted by molar-refractivity contribution is 0.121. The van der Waals surface area contributed by atoms with Crippen molar-refractivity contribution in [1.29, 1.82) is 0 Å². The monoisotopic (exact) mass is 225 g/mol. The normalized spacial score (nSPS) is 37.3. The minimum Gasteiger partial charge on any atom is -0.383 e. The van der Waals surface area contributed by atoms with Crippen molar-refractivity contribution in [2.45, 2.75) is 58.0 Å². The van der Waals surface area contributed by atoms with Crippen LogP contribution in [0.3, 0.4) is 0 Å². The lowest BCUT2D eigenvalue weighted by Gasteiger charge is -2.38. The molecule has 0 saturated heterocycles. The van der Waals surface area contributed by atoms with E-state index < -0.39 is 0 Å². The molecule has 2 heteroatoms. The predicted molar refractivity (Wildman–Crippen MR) is 67.5 cm³/mol. The van der Waals surface area contributed by atoms with E-state index in [0.717, 1.165) is 30.4 Å². The van der Waals surface area contributed by atoms with Crippen LogP contribution in [0.25, 0.3) is 0 Å². The highest BCUT2D eigenvalue weighted by atomic mass is 16.5. The fourth-order valence-corrected chi connectivity index (χ4v) is 3.26. The largest absolute Gasteiger partial charge is 0.383 e. The Morgan fingerprint density at radius 3 is 2.25 bits per heavy atom. The summed E-state index contributed by atoms with van der Waals surface area (Å²) in [5, 5.41) is 3.89. The third-order valence-corrected chi connectivity index (χ3v) is 4.49. The Kier molecular flexibility index (Phi) is 4.26. The van der Waals surface area contributed by atoms with Gasteiger partial charge in [-0.25, -0.2) is 0 Å². The first-order chi connectivity index (χ1) is 7.72. The summed E-state index contributed by atoms with van der Waals surface area (Å²) in [6.45, 7) is 5.70. The van der Waals surface area contributed by atoms with E-state index in [4.69, 9.17) is 4.74 Å². The molecular formula is C14H27NO. The van der Waals surface area contributed by atoms with Crippen molar-refractivity contribution in [3.8, 4) is 0 Å². The molecule has 2 fully saturated rings. The summed E-state index contributed by atoms with van der Waals surface area (Å²) >= 11 is 0. The molecule has 3 atom stereocenters. The first-order valence-corrected chi connectivity index (χ1v) is 6.97. The Labute approximate surface area is 100 Å². The lowest BCUT2D eigenvalue weighted by Crippen LogP contribution is -2.50. The number of nitrogens with one attached hydrogen (secondary N) is 1. The zero-order valence-electron chi connectivity index (χ0n) is 11.0. The molecule has 0 radical (unpaired) electrons. The molecule has 1 N–H and O–H groups in total. The summed E-state index contributed by atoms with van der Waals surface area (Å²) in [5.41, 5.74) is 0. The second kappa shape index (κ2) is 5.50. The molecule has 0 spiro atoms. The fourth-order valence-electron chi connectivity index (χ4n) is 3.26. The van der Waals surface area contributed by atoms with Gasteiger partial charge in [0, 0.05) is 19.2 Å². The molecule has 2 saturated carbocycles. The summed E-state index contributed by atoms with van der Waals surface area (Å²) in [6, 6.07) is 1.33. The summed E-state index contributed by atoms with van der Waals surface area (Å²) < 4.78 is 5.35. The molecule has 0 aromatic rings. The molecule has 0 bridgehead atoms. The van der Waals surface area contributed by atoms with E-state index >= 15 is 0 Å². The van der Waals surface area contributed by atoms with Crippen LogP contribution in [0.2, 0.25) is 0 Å². The highest BCUT2D eigenvalue weighted by molar-refractivity contribution is 4.92. The van der Waals surface area contributed by atoms with Gasteiger partial charge in [0.2, 0.25) is 0 Å². The van der Waals surface area contributed by atoms with Crippen LogP contribution in [0.5, 0.6) is 0 Å². The number of hydrogen-bond donors (Lipinski definition) is 1.